The van der Waals surface area contributed by atoms with Crippen LogP contribution >= 0.6 is 0 Å². The number of fused-ring (bicyclic) bond motifs is 1. The Labute approximate surface area is 171 Å². The summed E-state index contributed by atoms with van der Waals surface area (Å²) >= 11 is 0. The Bertz CT molecular complexity index is 881. The Hall–Kier alpha value is -3.15. The van der Waals surface area contributed by atoms with Crippen LogP contribution in [0.5, 0.6) is 23.0 Å². The molecule has 3 rings (SSSR count). The van der Waals surface area contributed by atoms with Gasteiger partial charge in [-0.25, -0.2) is 0 Å². The predicted molar refractivity (Wildman–Crippen MR) is 112 cm³/mol. The summed E-state index contributed by atoms with van der Waals surface area (Å²) in [6.07, 6.45) is 4.94. The average Bonchev–Trinajstić information content (AvgIpc) is 3.19. The van der Waals surface area contributed by atoms with Gasteiger partial charge in [0.1, 0.15) is 5.75 Å². The molecule has 1 heterocycles. The van der Waals surface area contributed by atoms with Crippen molar-refractivity contribution in [2.45, 2.75) is 25.8 Å². The number of nitrogens with one attached hydrogen (secondary N) is 1. The second kappa shape index (κ2) is 9.37. The molecule has 0 bridgehead atoms. The van der Waals surface area contributed by atoms with Crippen LogP contribution in [0.4, 0.5) is 0 Å². The molecule has 0 spiro atoms. The van der Waals surface area contributed by atoms with E-state index in [1.165, 1.54) is 17.2 Å². The van der Waals surface area contributed by atoms with E-state index in [0.717, 1.165) is 30.8 Å². The van der Waals surface area contributed by atoms with E-state index in [1.807, 2.05) is 13.0 Å². The van der Waals surface area contributed by atoms with Crippen molar-refractivity contribution in [3.63, 3.8) is 0 Å². The van der Waals surface area contributed by atoms with Crippen molar-refractivity contribution in [1.82, 2.24) is 5.32 Å². The maximum Gasteiger partial charge on any atom is 0.244 e. The topological polar surface area (TPSA) is 66.0 Å². The molecule has 1 atom stereocenters. The Kier molecular flexibility index (Phi) is 6.65. The monoisotopic (exact) mass is 397 g/mol. The molecule has 1 amide bonds. The molecular formula is C23H27NO5. The van der Waals surface area contributed by atoms with Crippen molar-refractivity contribution in [1.29, 1.82) is 0 Å². The number of carbonyl (C=O) groups excluding carboxylic acids is 1. The van der Waals surface area contributed by atoms with Gasteiger partial charge in [-0.15, -0.1) is 0 Å². The minimum absolute atomic E-state index is 0.00691. The first kappa shape index (κ1) is 20.6. The van der Waals surface area contributed by atoms with Crippen molar-refractivity contribution in [2.75, 3.05) is 27.9 Å². The Morgan fingerprint density at radius 3 is 2.52 bits per heavy atom. The lowest BCUT2D eigenvalue weighted by Gasteiger charge is -2.14. The number of hydrogen-bond donors (Lipinski definition) is 1. The van der Waals surface area contributed by atoms with E-state index in [1.54, 1.807) is 39.5 Å². The van der Waals surface area contributed by atoms with Gasteiger partial charge >= 0.3 is 0 Å². The fourth-order valence-electron chi connectivity index (χ4n) is 3.43. The molecular weight excluding hydrogens is 370 g/mol. The summed E-state index contributed by atoms with van der Waals surface area (Å²) in [5, 5.41) is 3.00. The summed E-state index contributed by atoms with van der Waals surface area (Å²) in [6.45, 7) is 2.74. The molecule has 0 aromatic heterocycles. The van der Waals surface area contributed by atoms with Crippen molar-refractivity contribution >= 4 is 12.0 Å². The van der Waals surface area contributed by atoms with Crippen molar-refractivity contribution in [2.24, 2.45) is 0 Å². The highest BCUT2D eigenvalue weighted by Gasteiger charge is 2.14. The number of methoxy groups -OCH3 is 3. The normalized spacial score (nSPS) is 13.5. The first-order valence-corrected chi connectivity index (χ1v) is 9.57. The van der Waals surface area contributed by atoms with Gasteiger partial charge in [-0.05, 0) is 54.3 Å². The summed E-state index contributed by atoms with van der Waals surface area (Å²) in [5.41, 5.74) is 3.21. The molecule has 29 heavy (non-hydrogen) atoms. The largest absolute Gasteiger partial charge is 0.493 e. The first-order chi connectivity index (χ1) is 14.0. The smallest absolute Gasteiger partial charge is 0.244 e. The number of amides is 1. The average molecular weight is 397 g/mol. The second-order valence-electron chi connectivity index (χ2n) is 6.95. The highest BCUT2D eigenvalue weighted by atomic mass is 16.5. The van der Waals surface area contributed by atoms with Gasteiger partial charge in [0.25, 0.3) is 0 Å². The highest BCUT2D eigenvalue weighted by molar-refractivity contribution is 5.92. The third-order valence-electron chi connectivity index (χ3n) is 4.80. The molecule has 0 fully saturated rings. The van der Waals surface area contributed by atoms with Crippen LogP contribution < -0.4 is 24.3 Å². The third-order valence-corrected chi connectivity index (χ3v) is 4.80. The third kappa shape index (κ3) is 5.02. The number of benzene rings is 2. The van der Waals surface area contributed by atoms with E-state index in [-0.39, 0.29) is 11.9 Å². The summed E-state index contributed by atoms with van der Waals surface area (Å²) in [6, 6.07) is 9.82. The molecule has 2 aromatic carbocycles. The van der Waals surface area contributed by atoms with Gasteiger partial charge in [0.15, 0.2) is 11.5 Å². The predicted octanol–water partition coefficient (Wildman–Crippen LogP) is 3.41. The zero-order valence-electron chi connectivity index (χ0n) is 17.3. The minimum atomic E-state index is -0.157. The number of ether oxygens (including phenoxy) is 4. The van der Waals surface area contributed by atoms with Crippen LogP contribution in [-0.2, 0) is 17.6 Å². The summed E-state index contributed by atoms with van der Waals surface area (Å²) in [4.78, 5) is 12.3. The Morgan fingerprint density at radius 1 is 1.14 bits per heavy atom. The first-order valence-electron chi connectivity index (χ1n) is 9.57. The van der Waals surface area contributed by atoms with E-state index >= 15 is 0 Å². The van der Waals surface area contributed by atoms with Gasteiger partial charge in [-0.2, -0.15) is 0 Å². The summed E-state index contributed by atoms with van der Waals surface area (Å²) in [7, 11) is 4.67. The van der Waals surface area contributed by atoms with Crippen molar-refractivity contribution in [3.05, 3.63) is 53.1 Å². The number of carbonyl (C=O) groups is 1. The SMILES string of the molecule is COc1cc(C=CC(=O)NC(C)Cc2ccc3c(c2)CCO3)cc(OC)c1OC. The van der Waals surface area contributed by atoms with E-state index in [0.29, 0.717) is 17.2 Å². The molecule has 0 saturated carbocycles. The van der Waals surface area contributed by atoms with E-state index in [9.17, 15) is 4.79 Å². The van der Waals surface area contributed by atoms with Crippen LogP contribution in [0.3, 0.4) is 0 Å². The van der Waals surface area contributed by atoms with Crippen LogP contribution in [0.25, 0.3) is 6.08 Å². The molecule has 1 unspecified atom stereocenters. The zero-order valence-corrected chi connectivity index (χ0v) is 17.3. The fraction of sp³-hybridized carbons (Fsp3) is 0.348. The van der Waals surface area contributed by atoms with Crippen LogP contribution in [0.1, 0.15) is 23.6 Å². The minimum Gasteiger partial charge on any atom is -0.493 e. The molecule has 1 aliphatic rings. The quantitative estimate of drug-likeness (QED) is 0.692. The standard InChI is InChI=1S/C23H27NO5/c1-15(11-16-5-7-19-18(12-16)9-10-29-19)24-22(25)8-6-17-13-20(26-2)23(28-4)21(14-17)27-3/h5-8,12-15H,9-11H2,1-4H3,(H,24,25). The van der Waals surface area contributed by atoms with Crippen LogP contribution in [-0.4, -0.2) is 39.9 Å². The molecule has 6 heteroatoms. The van der Waals surface area contributed by atoms with E-state index in [4.69, 9.17) is 18.9 Å². The fourth-order valence-corrected chi connectivity index (χ4v) is 3.43. The molecule has 154 valence electrons. The van der Waals surface area contributed by atoms with Crippen LogP contribution in [0, 0.1) is 0 Å². The maximum absolute atomic E-state index is 12.3. The van der Waals surface area contributed by atoms with Crippen molar-refractivity contribution < 1.29 is 23.7 Å². The maximum atomic E-state index is 12.3. The molecule has 1 aliphatic heterocycles. The van der Waals surface area contributed by atoms with E-state index in [2.05, 4.69) is 17.4 Å². The number of hydrogen-bond acceptors (Lipinski definition) is 5. The molecule has 1 N–H and O–H groups in total. The Morgan fingerprint density at radius 2 is 1.86 bits per heavy atom. The number of rotatable bonds is 8. The molecule has 2 aromatic rings. The van der Waals surface area contributed by atoms with Crippen molar-refractivity contribution in [3.8, 4) is 23.0 Å². The van der Waals surface area contributed by atoms with Gasteiger partial charge in [0.2, 0.25) is 11.7 Å². The van der Waals surface area contributed by atoms with E-state index < -0.39 is 0 Å². The second-order valence-corrected chi connectivity index (χ2v) is 6.95. The van der Waals surface area contributed by atoms with Gasteiger partial charge in [0, 0.05) is 18.5 Å². The van der Waals surface area contributed by atoms with Gasteiger partial charge in [-0.1, -0.05) is 12.1 Å². The summed E-state index contributed by atoms with van der Waals surface area (Å²) < 4.78 is 21.5. The lowest BCUT2D eigenvalue weighted by atomic mass is 10.0. The lowest BCUT2D eigenvalue weighted by Crippen LogP contribution is -2.32. The molecule has 0 radical (unpaired) electrons. The molecule has 0 aliphatic carbocycles. The van der Waals surface area contributed by atoms with Gasteiger partial charge in [-0.3, -0.25) is 4.79 Å². The zero-order chi connectivity index (χ0) is 20.8. The Balaban J connectivity index is 1.62. The lowest BCUT2D eigenvalue weighted by molar-refractivity contribution is -0.117. The highest BCUT2D eigenvalue weighted by Crippen LogP contribution is 2.38. The molecule has 0 saturated heterocycles. The van der Waals surface area contributed by atoms with Gasteiger partial charge < -0.3 is 24.3 Å². The van der Waals surface area contributed by atoms with Gasteiger partial charge in [0.05, 0.1) is 27.9 Å². The molecule has 6 nitrogen and oxygen atoms in total. The summed E-state index contributed by atoms with van der Waals surface area (Å²) in [5.74, 6) is 2.42. The van der Waals surface area contributed by atoms with Crippen LogP contribution in [0.2, 0.25) is 0 Å². The van der Waals surface area contributed by atoms with Crippen LogP contribution in [0.15, 0.2) is 36.4 Å².